The zero-order valence-electron chi connectivity index (χ0n) is 13.5. The fraction of sp³-hybridized carbons (Fsp3) is 0.500. The van der Waals surface area contributed by atoms with Gasteiger partial charge in [0.05, 0.1) is 5.69 Å². The predicted octanol–water partition coefficient (Wildman–Crippen LogP) is 1.84. The molecule has 25 heavy (non-hydrogen) atoms. The summed E-state index contributed by atoms with van der Waals surface area (Å²) in [6, 6.07) is 1.12. The third kappa shape index (κ3) is 2.63. The van der Waals surface area contributed by atoms with E-state index in [0.717, 1.165) is 43.0 Å². The van der Waals surface area contributed by atoms with Crippen LogP contribution >= 0.6 is 0 Å². The molecule has 7 nitrogen and oxygen atoms in total. The number of likely N-dealkylation sites (tertiary alicyclic amines) is 1. The van der Waals surface area contributed by atoms with E-state index in [0.29, 0.717) is 13.1 Å². The molecule has 1 amide bonds. The number of aromatic amines is 1. The Morgan fingerprint density at radius 3 is 3.00 bits per heavy atom. The largest absolute Gasteiger partial charge is 0.368 e. The van der Waals surface area contributed by atoms with Crippen molar-refractivity contribution in [3.8, 4) is 0 Å². The molecular formula is C16H18F2N6O. The fourth-order valence-electron chi connectivity index (χ4n) is 3.98. The molecule has 2 aromatic rings. The Kier molecular flexibility index (Phi) is 3.66. The number of alkyl halides is 2. The van der Waals surface area contributed by atoms with Crippen LogP contribution in [0.2, 0.25) is 0 Å². The summed E-state index contributed by atoms with van der Waals surface area (Å²) in [6.07, 6.45) is 2.56. The first-order valence-corrected chi connectivity index (χ1v) is 8.23. The molecule has 3 heterocycles. The van der Waals surface area contributed by atoms with Crippen LogP contribution in [0.4, 0.5) is 14.7 Å². The minimum Gasteiger partial charge on any atom is -0.368 e. The normalized spacial score (nSPS) is 22.6. The molecule has 1 unspecified atom stereocenters. The highest BCUT2D eigenvalue weighted by molar-refractivity contribution is 5.92. The van der Waals surface area contributed by atoms with Crippen molar-refractivity contribution in [1.29, 1.82) is 0 Å². The molecule has 0 radical (unpaired) electrons. The van der Waals surface area contributed by atoms with Gasteiger partial charge in [0.15, 0.2) is 5.69 Å². The molecule has 2 aromatic heterocycles. The monoisotopic (exact) mass is 348 g/mol. The van der Waals surface area contributed by atoms with E-state index in [1.807, 2.05) is 0 Å². The van der Waals surface area contributed by atoms with Crippen LogP contribution in [-0.4, -0.2) is 44.1 Å². The fourth-order valence-corrected chi connectivity index (χ4v) is 3.98. The van der Waals surface area contributed by atoms with E-state index in [9.17, 15) is 13.6 Å². The second-order valence-corrected chi connectivity index (χ2v) is 6.72. The summed E-state index contributed by atoms with van der Waals surface area (Å²) in [6.45, 7) is 1.07. The summed E-state index contributed by atoms with van der Waals surface area (Å²) in [4.78, 5) is 22.9. The van der Waals surface area contributed by atoms with E-state index in [1.165, 1.54) is 0 Å². The SMILES string of the molecule is Nc1ncc2c(n1)C1(CCCN(C(=O)c3cc(C(F)F)[nH]n3)C1)CC2. The van der Waals surface area contributed by atoms with Gasteiger partial charge >= 0.3 is 0 Å². The first-order chi connectivity index (χ1) is 12.0. The average molecular weight is 348 g/mol. The van der Waals surface area contributed by atoms with E-state index < -0.39 is 6.43 Å². The molecule has 1 aliphatic heterocycles. The van der Waals surface area contributed by atoms with Crippen molar-refractivity contribution in [3.05, 3.63) is 34.9 Å². The second kappa shape index (κ2) is 5.75. The summed E-state index contributed by atoms with van der Waals surface area (Å²) in [5.74, 6) is -0.102. The minimum absolute atomic E-state index is 0.0211. The average Bonchev–Trinajstić information content (AvgIpc) is 3.21. The summed E-state index contributed by atoms with van der Waals surface area (Å²) >= 11 is 0. The van der Waals surface area contributed by atoms with Crippen molar-refractivity contribution in [1.82, 2.24) is 25.1 Å². The Balaban J connectivity index is 1.60. The number of aromatic nitrogens is 4. The third-order valence-corrected chi connectivity index (χ3v) is 5.17. The number of nitrogens with two attached hydrogens (primary N) is 1. The van der Waals surface area contributed by atoms with E-state index in [1.54, 1.807) is 11.1 Å². The number of nitrogens with zero attached hydrogens (tertiary/aromatic N) is 4. The topological polar surface area (TPSA) is 101 Å². The number of hydrogen-bond donors (Lipinski definition) is 2. The van der Waals surface area contributed by atoms with Gasteiger partial charge in [-0.1, -0.05) is 0 Å². The quantitative estimate of drug-likeness (QED) is 0.862. The lowest BCUT2D eigenvalue weighted by atomic mass is 9.77. The first-order valence-electron chi connectivity index (χ1n) is 8.23. The standard InChI is InChI=1S/C16H18F2N6O/c17-13(18)10-6-11(23-22-10)14(25)24-5-1-3-16(8-24)4-2-9-7-20-15(19)21-12(9)16/h6-7,13H,1-5,8H2,(H,22,23)(H2,19,20,21). The lowest BCUT2D eigenvalue weighted by Gasteiger charge is -2.40. The summed E-state index contributed by atoms with van der Waals surface area (Å²) in [5, 5.41) is 5.97. The van der Waals surface area contributed by atoms with Crippen LogP contribution in [-0.2, 0) is 11.8 Å². The minimum atomic E-state index is -2.68. The second-order valence-electron chi connectivity index (χ2n) is 6.72. The maximum absolute atomic E-state index is 12.7. The molecule has 1 spiro atoms. The molecule has 2 aliphatic rings. The Labute approximate surface area is 142 Å². The number of anilines is 1. The summed E-state index contributed by atoms with van der Waals surface area (Å²) in [5.41, 5.74) is 7.19. The van der Waals surface area contributed by atoms with Crippen molar-refractivity contribution in [2.45, 2.75) is 37.5 Å². The van der Waals surface area contributed by atoms with Gasteiger partial charge in [0.2, 0.25) is 5.95 Å². The highest BCUT2D eigenvalue weighted by atomic mass is 19.3. The number of halogens is 2. The highest BCUT2D eigenvalue weighted by Crippen LogP contribution is 2.44. The van der Waals surface area contributed by atoms with Gasteiger partial charge in [0.25, 0.3) is 12.3 Å². The number of H-pyrrole nitrogens is 1. The molecule has 1 fully saturated rings. The zero-order valence-corrected chi connectivity index (χ0v) is 13.5. The van der Waals surface area contributed by atoms with Gasteiger partial charge in [-0.3, -0.25) is 9.89 Å². The zero-order chi connectivity index (χ0) is 17.6. The maximum atomic E-state index is 12.7. The van der Waals surface area contributed by atoms with Gasteiger partial charge in [-0.25, -0.2) is 18.7 Å². The van der Waals surface area contributed by atoms with Crippen molar-refractivity contribution in [2.75, 3.05) is 18.8 Å². The number of hydrogen-bond acceptors (Lipinski definition) is 5. The summed E-state index contributed by atoms with van der Waals surface area (Å²) in [7, 11) is 0. The number of amides is 1. The lowest BCUT2D eigenvalue weighted by molar-refractivity contribution is 0.0627. The van der Waals surface area contributed by atoms with Crippen molar-refractivity contribution < 1.29 is 13.6 Å². The van der Waals surface area contributed by atoms with Crippen LogP contribution in [0.25, 0.3) is 0 Å². The molecule has 0 aromatic carbocycles. The number of rotatable bonds is 2. The Morgan fingerprint density at radius 2 is 2.24 bits per heavy atom. The number of nitrogens with one attached hydrogen (secondary N) is 1. The Morgan fingerprint density at radius 1 is 1.40 bits per heavy atom. The number of carbonyl (C=O) groups excluding carboxylic acids is 1. The highest BCUT2D eigenvalue weighted by Gasteiger charge is 2.45. The van der Waals surface area contributed by atoms with Crippen LogP contribution in [0.1, 0.15) is 53.1 Å². The van der Waals surface area contributed by atoms with Gasteiger partial charge in [-0.2, -0.15) is 5.10 Å². The molecular weight excluding hydrogens is 330 g/mol. The molecule has 1 saturated heterocycles. The van der Waals surface area contributed by atoms with Gasteiger partial charge in [0.1, 0.15) is 5.69 Å². The van der Waals surface area contributed by atoms with Crippen LogP contribution in [0.15, 0.2) is 12.3 Å². The van der Waals surface area contributed by atoms with E-state index >= 15 is 0 Å². The predicted molar refractivity (Wildman–Crippen MR) is 85.1 cm³/mol. The lowest BCUT2D eigenvalue weighted by Crippen LogP contribution is -2.48. The smallest absolute Gasteiger partial charge is 0.279 e. The van der Waals surface area contributed by atoms with Crippen LogP contribution in [0.5, 0.6) is 0 Å². The van der Waals surface area contributed by atoms with E-state index in [4.69, 9.17) is 5.73 Å². The molecule has 3 N–H and O–H groups in total. The number of fused-ring (bicyclic) bond motifs is 2. The van der Waals surface area contributed by atoms with Crippen molar-refractivity contribution in [3.63, 3.8) is 0 Å². The number of piperidine rings is 1. The van der Waals surface area contributed by atoms with Gasteiger partial charge < -0.3 is 10.6 Å². The number of carbonyl (C=O) groups is 1. The van der Waals surface area contributed by atoms with Crippen molar-refractivity contribution in [2.24, 2.45) is 0 Å². The van der Waals surface area contributed by atoms with E-state index in [2.05, 4.69) is 20.2 Å². The van der Waals surface area contributed by atoms with Crippen LogP contribution in [0, 0.1) is 0 Å². The van der Waals surface area contributed by atoms with Crippen LogP contribution in [0.3, 0.4) is 0 Å². The molecule has 4 rings (SSSR count). The molecule has 132 valence electrons. The molecule has 1 aliphatic carbocycles. The maximum Gasteiger partial charge on any atom is 0.279 e. The van der Waals surface area contributed by atoms with E-state index in [-0.39, 0.29) is 28.7 Å². The Bertz CT molecular complexity index is 819. The number of nitrogen functional groups attached to an aromatic ring is 1. The van der Waals surface area contributed by atoms with Gasteiger partial charge in [-0.05, 0) is 37.3 Å². The van der Waals surface area contributed by atoms with Gasteiger partial charge in [-0.15, -0.1) is 0 Å². The van der Waals surface area contributed by atoms with Crippen molar-refractivity contribution >= 4 is 11.9 Å². The van der Waals surface area contributed by atoms with Gasteiger partial charge in [0, 0.05) is 24.7 Å². The first kappa shape index (κ1) is 15.9. The molecule has 9 heteroatoms. The van der Waals surface area contributed by atoms with Crippen LogP contribution < -0.4 is 5.73 Å². The molecule has 0 saturated carbocycles. The Hall–Kier alpha value is -2.58. The summed E-state index contributed by atoms with van der Waals surface area (Å²) < 4.78 is 25.4. The molecule has 1 atom stereocenters. The third-order valence-electron chi connectivity index (χ3n) is 5.17. The number of aryl methyl sites for hydroxylation is 1. The molecule has 0 bridgehead atoms.